The zero-order valence-corrected chi connectivity index (χ0v) is 10.6. The molecular formula is C9H15Cl3O2. The van der Waals surface area contributed by atoms with Crippen LogP contribution in [0.3, 0.4) is 0 Å². The summed E-state index contributed by atoms with van der Waals surface area (Å²) in [5.74, 6) is -0.00764. The third-order valence-corrected chi connectivity index (χ3v) is 2.15. The van der Waals surface area contributed by atoms with E-state index in [1.165, 1.54) is 0 Å². The van der Waals surface area contributed by atoms with E-state index < -0.39 is 3.79 Å². The molecule has 14 heavy (non-hydrogen) atoms. The first-order valence-corrected chi connectivity index (χ1v) is 5.49. The van der Waals surface area contributed by atoms with Gasteiger partial charge in [0.15, 0.2) is 3.79 Å². The minimum atomic E-state index is -1.33. The maximum atomic E-state index is 11.3. The maximum absolute atomic E-state index is 11.3. The normalized spacial score (nSPS) is 13.0. The Morgan fingerprint density at radius 1 is 1.29 bits per heavy atom. The quantitative estimate of drug-likeness (QED) is 0.772. The predicted octanol–water partition coefficient (Wildman–Crippen LogP) is 3.11. The van der Waals surface area contributed by atoms with Crippen molar-refractivity contribution in [3.05, 3.63) is 0 Å². The first kappa shape index (κ1) is 14.5. The summed E-state index contributed by atoms with van der Waals surface area (Å²) in [6.45, 7) is 3.61. The molecule has 0 spiro atoms. The Hall–Kier alpha value is 0.500. The Balaban J connectivity index is 4.13. The second-order valence-corrected chi connectivity index (χ2v) is 6.66. The number of ketones is 1. The minimum Gasteiger partial charge on any atom is -0.396 e. The van der Waals surface area contributed by atoms with E-state index in [1.807, 2.05) is 13.8 Å². The van der Waals surface area contributed by atoms with Crippen molar-refractivity contribution in [2.75, 3.05) is 6.61 Å². The number of alkyl halides is 3. The fraction of sp³-hybridized carbons (Fsp3) is 0.889. The van der Waals surface area contributed by atoms with Crippen molar-refractivity contribution >= 4 is 40.6 Å². The van der Waals surface area contributed by atoms with Crippen LogP contribution >= 0.6 is 34.8 Å². The number of rotatable bonds is 5. The van der Waals surface area contributed by atoms with E-state index in [0.717, 1.165) is 0 Å². The van der Waals surface area contributed by atoms with Crippen LogP contribution in [0.2, 0.25) is 0 Å². The van der Waals surface area contributed by atoms with E-state index in [0.29, 0.717) is 12.8 Å². The Morgan fingerprint density at radius 3 is 2.14 bits per heavy atom. The number of aliphatic hydroxyl groups is 1. The maximum Gasteiger partial charge on any atom is 0.191 e. The van der Waals surface area contributed by atoms with E-state index >= 15 is 0 Å². The van der Waals surface area contributed by atoms with Crippen molar-refractivity contribution in [1.82, 2.24) is 0 Å². The molecule has 5 heteroatoms. The van der Waals surface area contributed by atoms with Crippen LogP contribution in [-0.4, -0.2) is 21.3 Å². The van der Waals surface area contributed by atoms with Crippen LogP contribution < -0.4 is 0 Å². The van der Waals surface area contributed by atoms with Gasteiger partial charge in [-0.3, -0.25) is 4.79 Å². The molecule has 0 radical (unpaired) electrons. The van der Waals surface area contributed by atoms with Crippen LogP contribution in [0.4, 0.5) is 0 Å². The summed E-state index contributed by atoms with van der Waals surface area (Å²) < 4.78 is -1.33. The van der Waals surface area contributed by atoms with Crippen molar-refractivity contribution in [2.45, 2.75) is 36.9 Å². The van der Waals surface area contributed by atoms with Gasteiger partial charge in [0.05, 0.1) is 0 Å². The standard InChI is InChI=1S/C9H15Cl3O2/c1-8(2,6-9(10,11)12)5-7(14)3-4-13/h13H,3-6H2,1-2H3. The molecule has 0 saturated carbocycles. The van der Waals surface area contributed by atoms with Gasteiger partial charge in [-0.15, -0.1) is 0 Å². The average molecular weight is 262 g/mol. The minimum absolute atomic E-state index is 0.00764. The van der Waals surface area contributed by atoms with Gasteiger partial charge in [0, 0.05) is 19.4 Å². The Bertz CT molecular complexity index is 197. The van der Waals surface area contributed by atoms with Gasteiger partial charge in [0.25, 0.3) is 0 Å². The molecule has 0 saturated heterocycles. The van der Waals surface area contributed by atoms with Gasteiger partial charge >= 0.3 is 0 Å². The monoisotopic (exact) mass is 260 g/mol. The fourth-order valence-electron chi connectivity index (χ4n) is 1.35. The van der Waals surface area contributed by atoms with Crippen LogP contribution in [-0.2, 0) is 4.79 Å². The summed E-state index contributed by atoms with van der Waals surface area (Å²) in [5, 5.41) is 8.57. The largest absolute Gasteiger partial charge is 0.396 e. The van der Waals surface area contributed by atoms with Crippen molar-refractivity contribution in [2.24, 2.45) is 5.41 Å². The highest BCUT2D eigenvalue weighted by Gasteiger charge is 2.32. The molecule has 0 aromatic carbocycles. The van der Waals surface area contributed by atoms with Crippen LogP contribution in [0.25, 0.3) is 0 Å². The third-order valence-electron chi connectivity index (χ3n) is 1.75. The van der Waals surface area contributed by atoms with Gasteiger partial charge in [-0.25, -0.2) is 0 Å². The summed E-state index contributed by atoms with van der Waals surface area (Å²) in [4.78, 5) is 11.3. The highest BCUT2D eigenvalue weighted by Crippen LogP contribution is 2.40. The topological polar surface area (TPSA) is 37.3 Å². The second kappa shape index (κ2) is 5.55. The molecule has 0 heterocycles. The molecule has 84 valence electrons. The zero-order valence-electron chi connectivity index (χ0n) is 8.32. The molecule has 0 unspecified atom stereocenters. The average Bonchev–Trinajstić information content (AvgIpc) is 1.78. The molecular weight excluding hydrogens is 246 g/mol. The molecule has 0 amide bonds. The summed E-state index contributed by atoms with van der Waals surface area (Å²) in [7, 11) is 0. The van der Waals surface area contributed by atoms with E-state index in [1.54, 1.807) is 0 Å². The first-order valence-electron chi connectivity index (χ1n) is 4.36. The van der Waals surface area contributed by atoms with Gasteiger partial charge in [0.2, 0.25) is 0 Å². The van der Waals surface area contributed by atoms with Crippen molar-refractivity contribution in [1.29, 1.82) is 0 Å². The molecule has 1 N–H and O–H groups in total. The molecule has 0 aromatic heterocycles. The molecule has 0 aliphatic rings. The SMILES string of the molecule is CC(C)(CC(=O)CCO)CC(Cl)(Cl)Cl. The summed E-state index contributed by atoms with van der Waals surface area (Å²) in [6.07, 6.45) is 0.812. The number of halogens is 3. The molecule has 2 nitrogen and oxygen atoms in total. The third kappa shape index (κ3) is 7.86. The molecule has 0 aliphatic heterocycles. The molecule has 0 atom stereocenters. The van der Waals surface area contributed by atoms with E-state index in [4.69, 9.17) is 39.9 Å². The molecule has 0 rings (SSSR count). The Kier molecular flexibility index (Phi) is 5.75. The highest BCUT2D eigenvalue weighted by atomic mass is 35.6. The zero-order chi connectivity index (χ0) is 11.4. The lowest BCUT2D eigenvalue weighted by molar-refractivity contribution is -0.121. The summed E-state index contributed by atoms with van der Waals surface area (Å²) >= 11 is 16.9. The van der Waals surface area contributed by atoms with E-state index in [9.17, 15) is 4.79 Å². The highest BCUT2D eigenvalue weighted by molar-refractivity contribution is 6.67. The van der Waals surface area contributed by atoms with Crippen LogP contribution in [0, 0.1) is 5.41 Å². The Labute approximate surface area is 99.5 Å². The van der Waals surface area contributed by atoms with Crippen molar-refractivity contribution < 1.29 is 9.90 Å². The van der Waals surface area contributed by atoms with E-state index in [-0.39, 0.29) is 24.2 Å². The van der Waals surface area contributed by atoms with Crippen LogP contribution in [0.15, 0.2) is 0 Å². The molecule has 0 bridgehead atoms. The number of aliphatic hydroxyl groups excluding tert-OH is 1. The van der Waals surface area contributed by atoms with Crippen LogP contribution in [0.5, 0.6) is 0 Å². The Morgan fingerprint density at radius 2 is 1.79 bits per heavy atom. The van der Waals surface area contributed by atoms with E-state index in [2.05, 4.69) is 0 Å². The van der Waals surface area contributed by atoms with Crippen molar-refractivity contribution in [3.63, 3.8) is 0 Å². The number of hydrogen-bond acceptors (Lipinski definition) is 2. The first-order chi connectivity index (χ1) is 6.16. The number of carbonyl (C=O) groups excluding carboxylic acids is 1. The lowest BCUT2D eigenvalue weighted by atomic mass is 9.84. The van der Waals surface area contributed by atoms with Gasteiger partial charge in [-0.1, -0.05) is 48.7 Å². The summed E-state index contributed by atoms with van der Waals surface area (Å²) in [5.41, 5.74) is -0.350. The second-order valence-electron chi connectivity index (χ2n) is 4.15. The van der Waals surface area contributed by atoms with Gasteiger partial charge in [-0.2, -0.15) is 0 Å². The summed E-state index contributed by atoms with van der Waals surface area (Å²) in [6, 6.07) is 0. The fourth-order valence-corrected chi connectivity index (χ4v) is 2.44. The lowest BCUT2D eigenvalue weighted by Crippen LogP contribution is -2.23. The molecule has 0 aromatic rings. The molecule has 0 aliphatic carbocycles. The predicted molar refractivity (Wildman–Crippen MR) is 60.0 cm³/mol. The van der Waals surface area contributed by atoms with Gasteiger partial charge < -0.3 is 5.11 Å². The number of hydrogen-bond donors (Lipinski definition) is 1. The molecule has 0 fully saturated rings. The lowest BCUT2D eigenvalue weighted by Gasteiger charge is -2.27. The number of Topliss-reactive ketones (excluding diaryl/α,β-unsaturated/α-hetero) is 1. The van der Waals surface area contributed by atoms with Crippen LogP contribution in [0.1, 0.15) is 33.1 Å². The van der Waals surface area contributed by atoms with Gasteiger partial charge in [-0.05, 0) is 11.8 Å². The smallest absolute Gasteiger partial charge is 0.191 e. The van der Waals surface area contributed by atoms with Gasteiger partial charge in [0.1, 0.15) is 5.78 Å². The van der Waals surface area contributed by atoms with Crippen molar-refractivity contribution in [3.8, 4) is 0 Å². The number of carbonyl (C=O) groups is 1.